The van der Waals surface area contributed by atoms with Crippen LogP contribution in [0.2, 0.25) is 0 Å². The van der Waals surface area contributed by atoms with Crippen molar-refractivity contribution < 1.29 is 18.3 Å². The molecule has 1 aromatic rings. The molecule has 1 saturated carbocycles. The molecule has 2 atom stereocenters. The Hall–Kier alpha value is -1.61. The van der Waals surface area contributed by atoms with Crippen LogP contribution in [0.4, 0.5) is 4.79 Å². The first-order valence-electron chi connectivity index (χ1n) is 6.85. The highest BCUT2D eigenvalue weighted by molar-refractivity contribution is 7.89. The zero-order valence-electron chi connectivity index (χ0n) is 11.6. The molecule has 1 aliphatic carbocycles. The van der Waals surface area contributed by atoms with Gasteiger partial charge in [0.2, 0.25) is 0 Å². The largest absolute Gasteiger partial charge is 0.465 e. The van der Waals surface area contributed by atoms with Gasteiger partial charge in [-0.25, -0.2) is 18.2 Å². The summed E-state index contributed by atoms with van der Waals surface area (Å²) in [5, 5.41) is 11.4. The Kier molecular flexibility index (Phi) is 3.40. The monoisotopic (exact) mass is 314 g/mol. The van der Waals surface area contributed by atoms with Crippen LogP contribution in [-0.2, 0) is 17.1 Å². The Morgan fingerprint density at radius 1 is 1.43 bits per heavy atom. The molecule has 9 heteroatoms. The van der Waals surface area contributed by atoms with Gasteiger partial charge in [-0.15, -0.1) is 0 Å². The van der Waals surface area contributed by atoms with E-state index in [1.807, 2.05) is 0 Å². The molecule has 8 nitrogen and oxygen atoms in total. The Morgan fingerprint density at radius 2 is 2.14 bits per heavy atom. The van der Waals surface area contributed by atoms with Crippen LogP contribution in [0.1, 0.15) is 12.8 Å². The minimum Gasteiger partial charge on any atom is -0.465 e. The summed E-state index contributed by atoms with van der Waals surface area (Å²) >= 11 is 0. The topological polar surface area (TPSA) is 105 Å². The summed E-state index contributed by atoms with van der Waals surface area (Å²) in [6.45, 7) is 0.529. The van der Waals surface area contributed by atoms with E-state index in [1.54, 1.807) is 11.6 Å². The van der Waals surface area contributed by atoms with Crippen molar-refractivity contribution in [1.82, 2.24) is 19.2 Å². The molecular formula is C12H18N4O4S. The number of aryl methyl sites for hydroxylation is 1. The number of sulfonamides is 1. The van der Waals surface area contributed by atoms with E-state index in [1.165, 1.54) is 16.8 Å². The predicted molar refractivity (Wildman–Crippen MR) is 73.1 cm³/mol. The number of imidazole rings is 1. The van der Waals surface area contributed by atoms with Crippen molar-refractivity contribution >= 4 is 16.1 Å². The molecule has 2 N–H and O–H groups in total. The molecule has 2 fully saturated rings. The summed E-state index contributed by atoms with van der Waals surface area (Å²) in [6.07, 6.45) is 3.87. The number of rotatable bonds is 4. The van der Waals surface area contributed by atoms with Crippen molar-refractivity contribution in [3.05, 3.63) is 12.5 Å². The number of amides is 1. The first-order chi connectivity index (χ1) is 9.88. The average molecular weight is 314 g/mol. The molecule has 21 heavy (non-hydrogen) atoms. The molecule has 1 saturated heterocycles. The summed E-state index contributed by atoms with van der Waals surface area (Å²) in [7, 11) is -1.95. The molecule has 1 aromatic heterocycles. The Labute approximate surface area is 122 Å². The van der Waals surface area contributed by atoms with E-state index < -0.39 is 16.1 Å². The minimum absolute atomic E-state index is 0.00974. The fourth-order valence-electron chi connectivity index (χ4n) is 2.96. The first-order valence-corrected chi connectivity index (χ1v) is 8.29. The summed E-state index contributed by atoms with van der Waals surface area (Å²) in [5.41, 5.74) is 0. The fourth-order valence-corrected chi connectivity index (χ4v) is 4.43. The third-order valence-corrected chi connectivity index (χ3v) is 5.87. The van der Waals surface area contributed by atoms with Gasteiger partial charge in [-0.3, -0.25) is 0 Å². The maximum atomic E-state index is 12.5. The van der Waals surface area contributed by atoms with Gasteiger partial charge in [-0.2, -0.15) is 4.31 Å². The van der Waals surface area contributed by atoms with Crippen LogP contribution in [-0.4, -0.2) is 52.6 Å². The van der Waals surface area contributed by atoms with Gasteiger partial charge in [0, 0.05) is 26.3 Å². The molecule has 0 aromatic carbocycles. The molecular weight excluding hydrogens is 296 g/mol. The van der Waals surface area contributed by atoms with Crippen molar-refractivity contribution in [2.24, 2.45) is 18.9 Å². The molecule has 0 bridgehead atoms. The second-order valence-corrected chi connectivity index (χ2v) is 7.64. The molecule has 2 unspecified atom stereocenters. The third-order valence-electron chi connectivity index (χ3n) is 4.15. The quantitative estimate of drug-likeness (QED) is 0.819. The van der Waals surface area contributed by atoms with Crippen molar-refractivity contribution in [3.8, 4) is 0 Å². The standard InChI is InChI=1S/C12H18N4O4S/c1-15-6-11(13-7-15)21(19,20)16-4-9(8-2-3-8)10(5-16)14-12(17)18/h6-10,14H,2-5H2,1H3,(H,17,18). The Balaban J connectivity index is 1.81. The molecule has 2 heterocycles. The summed E-state index contributed by atoms with van der Waals surface area (Å²) in [4.78, 5) is 14.8. The summed E-state index contributed by atoms with van der Waals surface area (Å²) in [6, 6.07) is -0.339. The number of aromatic nitrogens is 2. The lowest BCUT2D eigenvalue weighted by molar-refractivity contribution is 0.186. The second-order valence-electron chi connectivity index (χ2n) is 5.76. The van der Waals surface area contributed by atoms with Crippen LogP contribution >= 0.6 is 0 Å². The van der Waals surface area contributed by atoms with E-state index in [9.17, 15) is 13.2 Å². The number of hydrogen-bond donors (Lipinski definition) is 2. The van der Waals surface area contributed by atoms with Gasteiger partial charge in [0.25, 0.3) is 10.0 Å². The average Bonchev–Trinajstić information content (AvgIpc) is 2.99. The molecule has 1 aliphatic heterocycles. The third kappa shape index (κ3) is 2.75. The zero-order chi connectivity index (χ0) is 15.2. The van der Waals surface area contributed by atoms with Crippen LogP contribution in [0.5, 0.6) is 0 Å². The van der Waals surface area contributed by atoms with Gasteiger partial charge in [0.1, 0.15) is 0 Å². The fraction of sp³-hybridized carbons (Fsp3) is 0.667. The van der Waals surface area contributed by atoms with Gasteiger partial charge in [0.15, 0.2) is 5.03 Å². The molecule has 2 aliphatic rings. The molecule has 3 rings (SSSR count). The normalized spacial score (nSPS) is 26.9. The minimum atomic E-state index is -3.66. The van der Waals surface area contributed by atoms with E-state index in [-0.39, 0.29) is 23.5 Å². The lowest BCUT2D eigenvalue weighted by atomic mass is 9.98. The highest BCUT2D eigenvalue weighted by atomic mass is 32.2. The van der Waals surface area contributed by atoms with Crippen molar-refractivity contribution in [2.45, 2.75) is 23.9 Å². The zero-order valence-corrected chi connectivity index (χ0v) is 12.5. The van der Waals surface area contributed by atoms with Crippen molar-refractivity contribution in [3.63, 3.8) is 0 Å². The molecule has 1 amide bonds. The van der Waals surface area contributed by atoms with Crippen LogP contribution < -0.4 is 5.32 Å². The summed E-state index contributed by atoms with van der Waals surface area (Å²) < 4.78 is 28.0. The van der Waals surface area contributed by atoms with Crippen molar-refractivity contribution in [2.75, 3.05) is 13.1 Å². The van der Waals surface area contributed by atoms with Crippen LogP contribution in [0.25, 0.3) is 0 Å². The van der Waals surface area contributed by atoms with Gasteiger partial charge in [-0.1, -0.05) is 0 Å². The molecule has 116 valence electrons. The highest BCUT2D eigenvalue weighted by Gasteiger charge is 2.47. The number of carboxylic acid groups (broad SMARTS) is 1. The van der Waals surface area contributed by atoms with Gasteiger partial charge >= 0.3 is 6.09 Å². The van der Waals surface area contributed by atoms with E-state index in [0.29, 0.717) is 12.5 Å². The first kappa shape index (κ1) is 14.3. The van der Waals surface area contributed by atoms with Crippen LogP contribution in [0.15, 0.2) is 17.6 Å². The lowest BCUT2D eigenvalue weighted by Crippen LogP contribution is -2.40. The lowest BCUT2D eigenvalue weighted by Gasteiger charge is -2.16. The number of nitrogens with one attached hydrogen (secondary N) is 1. The van der Waals surface area contributed by atoms with Crippen molar-refractivity contribution in [1.29, 1.82) is 0 Å². The second kappa shape index (κ2) is 4.99. The number of nitrogens with zero attached hydrogens (tertiary/aromatic N) is 3. The predicted octanol–water partition coefficient (Wildman–Crippen LogP) is 0.0868. The van der Waals surface area contributed by atoms with E-state index in [0.717, 1.165) is 12.8 Å². The van der Waals surface area contributed by atoms with Crippen LogP contribution in [0.3, 0.4) is 0 Å². The summed E-state index contributed by atoms with van der Waals surface area (Å²) in [5.74, 6) is 0.477. The van der Waals surface area contributed by atoms with Gasteiger partial charge < -0.3 is 15.0 Å². The SMILES string of the molecule is Cn1cnc(S(=O)(=O)N2CC(NC(=O)O)C(C3CC3)C2)c1. The molecule has 0 radical (unpaired) electrons. The molecule has 0 spiro atoms. The maximum absolute atomic E-state index is 12.5. The Bertz CT molecular complexity index is 652. The number of hydrogen-bond acceptors (Lipinski definition) is 4. The maximum Gasteiger partial charge on any atom is 0.404 e. The Morgan fingerprint density at radius 3 is 2.67 bits per heavy atom. The van der Waals surface area contributed by atoms with Crippen LogP contribution in [0, 0.1) is 11.8 Å². The highest BCUT2D eigenvalue weighted by Crippen LogP contribution is 2.42. The van der Waals surface area contributed by atoms with E-state index >= 15 is 0 Å². The van der Waals surface area contributed by atoms with E-state index in [2.05, 4.69) is 10.3 Å². The number of carbonyl (C=O) groups is 1. The van der Waals surface area contributed by atoms with Gasteiger partial charge in [-0.05, 0) is 24.7 Å². The van der Waals surface area contributed by atoms with Gasteiger partial charge in [0.05, 0.1) is 12.4 Å². The smallest absolute Gasteiger partial charge is 0.404 e. The van der Waals surface area contributed by atoms with E-state index in [4.69, 9.17) is 5.11 Å².